The van der Waals surface area contributed by atoms with Crippen LogP contribution in [0.25, 0.3) is 10.1 Å². The number of hydrogen-bond donors (Lipinski definition) is 23. The van der Waals surface area contributed by atoms with E-state index < -0.39 is 120 Å². The van der Waals surface area contributed by atoms with Gasteiger partial charge in [-0.1, -0.05) is 69.8 Å². The number of likely N-dealkylation sites (N-methyl/N-ethyl adjacent to an activating group) is 2. The minimum Gasteiger partial charge on any atom is -0.480 e. The van der Waals surface area contributed by atoms with Crippen LogP contribution < -0.4 is 62.2 Å². The van der Waals surface area contributed by atoms with E-state index in [0.717, 1.165) is 22.2 Å². The Hall–Kier alpha value is -8.27. The third-order valence-electron chi connectivity index (χ3n) is 9.98. The number of carboxylic acids is 9. The summed E-state index contributed by atoms with van der Waals surface area (Å²) in [4.78, 5) is 117. The number of benzene rings is 2. The van der Waals surface area contributed by atoms with Crippen LogP contribution in [0.15, 0.2) is 72.5 Å². The van der Waals surface area contributed by atoms with Crippen molar-refractivity contribution in [2.24, 2.45) is 57.5 Å². The Bertz CT molecular complexity index is 2630. The second-order valence-corrected chi connectivity index (χ2v) is 19.1. The van der Waals surface area contributed by atoms with Gasteiger partial charge in [0.15, 0.2) is 0 Å². The number of thiophene rings is 1. The number of amides is 2. The van der Waals surface area contributed by atoms with Gasteiger partial charge in [-0.2, -0.15) is 12.6 Å². The molecule has 0 spiro atoms. The van der Waals surface area contributed by atoms with E-state index in [1.807, 2.05) is 73.8 Å². The van der Waals surface area contributed by atoms with Crippen molar-refractivity contribution in [3.63, 3.8) is 0 Å². The van der Waals surface area contributed by atoms with E-state index in [4.69, 9.17) is 96.9 Å². The van der Waals surface area contributed by atoms with Gasteiger partial charge in [0, 0.05) is 35.2 Å². The van der Waals surface area contributed by atoms with E-state index in [9.17, 15) is 52.7 Å². The highest BCUT2D eigenvalue weighted by Crippen LogP contribution is 2.26. The second-order valence-electron chi connectivity index (χ2n) is 17.8. The number of hydrogen-bond acceptors (Lipinski definition) is 24. The molecule has 2 aromatic carbocycles. The molecule has 0 aliphatic heterocycles. The molecule has 2 amide bonds. The Morgan fingerprint density at radius 2 is 1.01 bits per heavy atom. The molecule has 0 unspecified atom stereocenters. The lowest BCUT2D eigenvalue weighted by molar-refractivity contribution is -0.141. The van der Waals surface area contributed by atoms with Crippen molar-refractivity contribution >= 4 is 99.6 Å². The van der Waals surface area contributed by atoms with Crippen LogP contribution in [-0.4, -0.2) is 207 Å². The van der Waals surface area contributed by atoms with Crippen LogP contribution in [-0.2, 0) is 72.0 Å². The predicted octanol–water partition coefficient (Wildman–Crippen LogP) is -2.85. The van der Waals surface area contributed by atoms with E-state index in [-0.39, 0.29) is 51.4 Å². The number of nitrogens with one attached hydrogen (secondary N) is 3. The molecule has 0 radical (unpaired) electrons. The second kappa shape index (κ2) is 53.0. The Morgan fingerprint density at radius 3 is 1.31 bits per heavy atom. The number of H-pyrrole nitrogens is 1. The number of aromatic nitrogens is 2. The fourth-order valence-corrected chi connectivity index (χ4v) is 6.16. The number of aromatic amines is 1. The Kier molecular flexibility index (Phi) is 54.8. The summed E-state index contributed by atoms with van der Waals surface area (Å²) < 4.78 is 1.17. The minimum absolute atomic E-state index is 0. The number of thiol groups is 1. The lowest BCUT2D eigenvalue weighted by atomic mass is 10.1. The lowest BCUT2D eigenvalue weighted by Crippen LogP contribution is -2.38. The van der Waals surface area contributed by atoms with Crippen LogP contribution in [0.3, 0.4) is 0 Å². The summed E-state index contributed by atoms with van der Waals surface area (Å²) in [5.74, 6) is -9.92. The smallest absolute Gasteiger partial charge is 0.323 e. The SMILES string of the molecule is C.CN[C@@H](CO)C(=O)O.CN[C@H](C(=O)O)C(C)C.C[C@@H](N)C(=O)O.NC(=O)CC[C@@H](N)C(=O)O.NC(=O)C[C@@H](N)C(=O)O.N[C@@H](Cc1csc2ccccc12)C(=O)O.N[C@H](CS)C(=O)O.N[C@H](Cc1ccccc1)C(=O)O.N[C@H](Cc1cnc[nH]1)C(=O)O. The highest BCUT2D eigenvalue weighted by atomic mass is 32.1. The first-order chi connectivity index (χ1) is 40.3. The van der Waals surface area contributed by atoms with E-state index in [1.165, 1.54) is 25.0 Å². The highest BCUT2D eigenvalue weighted by molar-refractivity contribution is 7.80. The van der Waals surface area contributed by atoms with Crippen LogP contribution in [0.2, 0.25) is 0 Å². The van der Waals surface area contributed by atoms with Gasteiger partial charge in [-0.3, -0.25) is 52.7 Å². The van der Waals surface area contributed by atoms with Crippen molar-refractivity contribution < 1.29 is 104 Å². The Morgan fingerprint density at radius 1 is 0.568 bits per heavy atom. The maximum absolute atomic E-state index is 10.6. The molecule has 500 valence electrons. The monoisotopic (exact) mass is 1300 g/mol. The molecule has 31 N–H and O–H groups in total. The maximum atomic E-state index is 10.6. The van der Waals surface area contributed by atoms with Crippen LogP contribution in [0.4, 0.5) is 0 Å². The predicted molar refractivity (Wildman–Crippen MR) is 329 cm³/mol. The van der Waals surface area contributed by atoms with Crippen LogP contribution in [0, 0.1) is 5.92 Å². The van der Waals surface area contributed by atoms with Gasteiger partial charge in [-0.05, 0) is 74.2 Å². The molecule has 0 bridgehead atoms. The molecule has 34 nitrogen and oxygen atoms in total. The summed E-state index contributed by atoms with van der Waals surface area (Å²) in [5, 5.41) is 90.9. The first-order valence-corrected chi connectivity index (χ1v) is 26.7. The van der Waals surface area contributed by atoms with Crippen LogP contribution in [0.1, 0.15) is 64.3 Å². The number of nitrogens with two attached hydrogens (primary N) is 9. The number of aliphatic hydroxyl groups is 1. The largest absolute Gasteiger partial charge is 0.480 e. The van der Waals surface area contributed by atoms with Crippen LogP contribution >= 0.6 is 24.0 Å². The third kappa shape index (κ3) is 49.9. The molecule has 0 aliphatic rings. The zero-order valence-electron chi connectivity index (χ0n) is 48.3. The topological polar surface area (TPSA) is 677 Å². The lowest BCUT2D eigenvalue weighted by Gasteiger charge is -2.13. The quantitative estimate of drug-likeness (QED) is 0.0297. The fourth-order valence-electron chi connectivity index (χ4n) is 5.03. The van der Waals surface area contributed by atoms with Crippen molar-refractivity contribution in [1.29, 1.82) is 0 Å². The van der Waals surface area contributed by atoms with Gasteiger partial charge in [0.1, 0.15) is 54.4 Å². The first kappa shape index (κ1) is 90.9. The zero-order chi connectivity index (χ0) is 68.7. The summed E-state index contributed by atoms with van der Waals surface area (Å²) in [6, 6.07) is 9.89. The van der Waals surface area contributed by atoms with Crippen molar-refractivity contribution in [3.05, 3.63) is 89.3 Å². The van der Waals surface area contributed by atoms with E-state index >= 15 is 0 Å². The van der Waals surface area contributed by atoms with Gasteiger partial charge >= 0.3 is 53.7 Å². The maximum Gasteiger partial charge on any atom is 0.323 e. The Labute approximate surface area is 516 Å². The number of nitrogens with zero attached hydrogens (tertiary/aromatic N) is 1. The molecule has 88 heavy (non-hydrogen) atoms. The number of primary amides is 2. The Balaban J connectivity index is -0.000000217. The van der Waals surface area contributed by atoms with Gasteiger partial charge in [0.2, 0.25) is 11.8 Å². The fraction of sp³-hybridized carbons (Fsp3) is 0.462. The molecule has 9 atom stereocenters. The van der Waals surface area contributed by atoms with Crippen molar-refractivity contribution in [2.45, 2.75) is 121 Å². The molecule has 0 aliphatic carbocycles. The molecule has 4 aromatic rings. The average Bonchev–Trinajstić information content (AvgIpc) is 4.11. The molecule has 2 aromatic heterocycles. The third-order valence-corrected chi connectivity index (χ3v) is 11.4. The van der Waals surface area contributed by atoms with Gasteiger partial charge < -0.3 is 118 Å². The summed E-state index contributed by atoms with van der Waals surface area (Å²) in [7, 11) is 3.13. The van der Waals surface area contributed by atoms with E-state index in [1.54, 1.807) is 24.6 Å². The molecule has 0 saturated heterocycles. The van der Waals surface area contributed by atoms with Crippen molar-refractivity contribution in [1.82, 2.24) is 20.6 Å². The number of fused-ring (bicyclic) bond motifs is 1. The standard InChI is InChI=1S/C11H11NO2S.C9H11NO2.C6H9N3O2.C6H13NO2.C5H10N2O3.C4H8N2O3.C4H9NO3.C3H7NO2S.C3H7NO2.CH4/c12-9(11(13)14)5-7-6-15-10-4-2-1-3-8(7)10;10-8(9(11)12)6-7-4-2-1-3-5-7;7-5(6(10)11)1-4-2-8-3-9-4;1-4(2)5(7-3)6(8)9;6-3(5(9)10)1-2-4(7)8;5-2(4(8)9)1-3(6)7;1-5-3(2-6)4(7)8;4-2(1-7)3(5)6;1-2(4)3(5)6;/h1-4,6,9H,5,12H2,(H,13,14);1-5,8H,6,10H2,(H,11,12);2-3,5H,1,7H2,(H,8,9)(H,10,11);4-5,7H,1-3H3,(H,8,9);3H,1-2,6H2,(H2,7,8)(H,9,10);2H,1,5H2,(H2,6,7)(H,8,9);3,5-6H,2H2,1H3,(H,7,8);2,7H,1,4H2,(H,5,6);2H,4H2,1H3,(H,5,6);1H4/t9-;8-;2*5-;3-;2-;3-;2*2-;/m011011011./s1. The zero-order valence-corrected chi connectivity index (χ0v) is 50.0. The number of rotatable bonds is 25. The summed E-state index contributed by atoms with van der Waals surface area (Å²) in [5.41, 5.74) is 48.0. The van der Waals surface area contributed by atoms with E-state index in [2.05, 4.69) is 39.0 Å². The molecule has 0 saturated carbocycles. The molecule has 2 heterocycles. The first-order valence-electron chi connectivity index (χ1n) is 25.2. The van der Waals surface area contributed by atoms with Crippen LogP contribution in [0.5, 0.6) is 0 Å². The van der Waals surface area contributed by atoms with E-state index in [0.29, 0.717) is 12.8 Å². The number of carbonyl (C=O) groups is 11. The summed E-state index contributed by atoms with van der Waals surface area (Å²) in [6.07, 6.45) is 3.92. The molecule has 0 fully saturated rings. The average molecular weight is 1300 g/mol. The number of aliphatic hydroxyl groups excluding tert-OH is 1. The molecular formula is C52H89N13O21S2. The van der Waals surface area contributed by atoms with Gasteiger partial charge in [-0.25, -0.2) is 4.98 Å². The molecular weight excluding hydrogens is 1210 g/mol. The minimum atomic E-state index is -1.21. The normalized spacial score (nSPS) is 12.8. The summed E-state index contributed by atoms with van der Waals surface area (Å²) >= 11 is 5.27. The molecule has 36 heteroatoms. The number of carbonyl (C=O) groups excluding carboxylic acids is 2. The van der Waals surface area contributed by atoms with Gasteiger partial charge in [-0.15, -0.1) is 11.3 Å². The molecule has 4 rings (SSSR count). The number of aliphatic carboxylic acids is 9. The van der Waals surface area contributed by atoms with Gasteiger partial charge in [0.25, 0.3) is 0 Å². The van der Waals surface area contributed by atoms with Crippen molar-refractivity contribution in [3.8, 4) is 0 Å². The summed E-state index contributed by atoms with van der Waals surface area (Å²) in [6.45, 7) is 4.79. The number of carboxylic acid groups (broad SMARTS) is 9. The number of imidazole rings is 1. The van der Waals surface area contributed by atoms with Gasteiger partial charge in [0.05, 0.1) is 19.4 Å². The highest BCUT2D eigenvalue weighted by Gasteiger charge is 2.19. The van der Waals surface area contributed by atoms with Crippen molar-refractivity contribution in [2.75, 3.05) is 26.5 Å².